The smallest absolute Gasteiger partial charge is 0.242 e. The van der Waals surface area contributed by atoms with Crippen LogP contribution in [-0.4, -0.2) is 66.4 Å². The van der Waals surface area contributed by atoms with Gasteiger partial charge in [-0.1, -0.05) is 0 Å². The molecular formula is C13H24N4O2. The van der Waals surface area contributed by atoms with E-state index in [1.54, 1.807) is 0 Å². The van der Waals surface area contributed by atoms with E-state index in [0.29, 0.717) is 26.2 Å². The first kappa shape index (κ1) is 14.3. The van der Waals surface area contributed by atoms with Gasteiger partial charge in [0.25, 0.3) is 0 Å². The summed E-state index contributed by atoms with van der Waals surface area (Å²) >= 11 is 0. The molecular weight excluding hydrogens is 244 g/mol. The van der Waals surface area contributed by atoms with Gasteiger partial charge in [-0.05, 0) is 26.2 Å². The lowest BCUT2D eigenvalue weighted by atomic mass is 9.76. The van der Waals surface area contributed by atoms with E-state index in [-0.39, 0.29) is 11.8 Å². The van der Waals surface area contributed by atoms with Crippen LogP contribution < -0.4 is 11.1 Å². The van der Waals surface area contributed by atoms with E-state index in [1.165, 1.54) is 0 Å². The number of nitrogens with two attached hydrogens (primary N) is 1. The van der Waals surface area contributed by atoms with Gasteiger partial charge >= 0.3 is 0 Å². The Labute approximate surface area is 114 Å². The van der Waals surface area contributed by atoms with Crippen molar-refractivity contribution in [2.24, 2.45) is 5.73 Å². The number of nitrogens with one attached hydrogen (secondary N) is 1. The van der Waals surface area contributed by atoms with Gasteiger partial charge in [-0.2, -0.15) is 0 Å². The molecule has 6 heteroatoms. The highest BCUT2D eigenvalue weighted by Gasteiger charge is 2.43. The van der Waals surface area contributed by atoms with Crippen molar-refractivity contribution in [3.05, 3.63) is 0 Å². The number of likely N-dealkylation sites (N-methyl/N-ethyl adjacent to an activating group) is 1. The number of nitrogens with zero attached hydrogens (tertiary/aromatic N) is 2. The lowest BCUT2D eigenvalue weighted by Gasteiger charge is -2.43. The Bertz CT molecular complexity index is 347. The third-order valence-electron chi connectivity index (χ3n) is 4.07. The van der Waals surface area contributed by atoms with Crippen molar-refractivity contribution in [3.63, 3.8) is 0 Å². The van der Waals surface area contributed by atoms with Crippen LogP contribution in [0, 0.1) is 0 Å². The number of hydrogen-bond acceptors (Lipinski definition) is 4. The molecule has 2 amide bonds. The summed E-state index contributed by atoms with van der Waals surface area (Å²) in [4.78, 5) is 27.7. The molecule has 0 unspecified atom stereocenters. The van der Waals surface area contributed by atoms with Crippen LogP contribution in [0.2, 0.25) is 0 Å². The van der Waals surface area contributed by atoms with Crippen molar-refractivity contribution in [1.29, 1.82) is 0 Å². The zero-order valence-electron chi connectivity index (χ0n) is 11.7. The summed E-state index contributed by atoms with van der Waals surface area (Å²) < 4.78 is 0. The largest absolute Gasteiger partial charge is 0.355 e. The van der Waals surface area contributed by atoms with Crippen LogP contribution in [0.1, 0.15) is 26.2 Å². The summed E-state index contributed by atoms with van der Waals surface area (Å²) in [6.07, 6.45) is 2.68. The lowest BCUT2D eigenvalue weighted by molar-refractivity contribution is -0.142. The molecule has 0 bridgehead atoms. The maximum Gasteiger partial charge on any atom is 0.242 e. The molecule has 108 valence electrons. The van der Waals surface area contributed by atoms with Gasteiger partial charge in [0.05, 0.1) is 12.1 Å². The third-order valence-corrected chi connectivity index (χ3v) is 4.07. The van der Waals surface area contributed by atoms with Gasteiger partial charge in [0.15, 0.2) is 0 Å². The fourth-order valence-electron chi connectivity index (χ4n) is 2.65. The Morgan fingerprint density at radius 3 is 2.32 bits per heavy atom. The van der Waals surface area contributed by atoms with Crippen LogP contribution in [0.15, 0.2) is 0 Å². The van der Waals surface area contributed by atoms with Gasteiger partial charge < -0.3 is 16.0 Å². The maximum absolute atomic E-state index is 12.2. The molecule has 1 heterocycles. The zero-order chi connectivity index (χ0) is 13.9. The molecule has 0 spiro atoms. The molecule has 1 aliphatic heterocycles. The Balaban J connectivity index is 1.76. The minimum Gasteiger partial charge on any atom is -0.355 e. The normalized spacial score (nSPS) is 22.7. The second-order valence-corrected chi connectivity index (χ2v) is 5.53. The van der Waals surface area contributed by atoms with Crippen LogP contribution in [0.25, 0.3) is 0 Å². The molecule has 19 heavy (non-hydrogen) atoms. The van der Waals surface area contributed by atoms with Crippen LogP contribution in [-0.2, 0) is 9.59 Å². The topological polar surface area (TPSA) is 78.7 Å². The minimum absolute atomic E-state index is 0.0524. The average molecular weight is 268 g/mol. The predicted octanol–water partition coefficient (Wildman–Crippen LogP) is -0.852. The second kappa shape index (κ2) is 5.88. The first-order valence-electron chi connectivity index (χ1n) is 7.12. The van der Waals surface area contributed by atoms with Gasteiger partial charge in [-0.25, -0.2) is 0 Å². The fourth-order valence-corrected chi connectivity index (χ4v) is 2.65. The summed E-state index contributed by atoms with van der Waals surface area (Å²) in [5, 5.41) is 2.79. The van der Waals surface area contributed by atoms with Gasteiger partial charge in [0.1, 0.15) is 0 Å². The minimum atomic E-state index is -0.595. The summed E-state index contributed by atoms with van der Waals surface area (Å²) in [5.41, 5.74) is 5.47. The van der Waals surface area contributed by atoms with E-state index in [0.717, 1.165) is 32.4 Å². The average Bonchev–Trinajstić information content (AvgIpc) is 2.36. The van der Waals surface area contributed by atoms with E-state index in [2.05, 4.69) is 10.2 Å². The third kappa shape index (κ3) is 3.25. The standard InChI is InChI=1S/C13H24N4O2/c1-2-15-11(18)10-16-6-8-17(9-7-16)12(19)13(14)4-3-5-13/h2-10,14H2,1H3,(H,15,18). The molecule has 1 aliphatic carbocycles. The van der Waals surface area contributed by atoms with E-state index in [1.807, 2.05) is 11.8 Å². The van der Waals surface area contributed by atoms with Crippen LogP contribution in [0.5, 0.6) is 0 Å². The zero-order valence-corrected chi connectivity index (χ0v) is 11.7. The molecule has 2 rings (SSSR count). The molecule has 2 aliphatic rings. The van der Waals surface area contributed by atoms with E-state index in [4.69, 9.17) is 5.73 Å². The number of carbonyl (C=O) groups is 2. The summed E-state index contributed by atoms with van der Waals surface area (Å²) in [7, 11) is 0. The molecule has 1 saturated carbocycles. The Morgan fingerprint density at radius 2 is 1.84 bits per heavy atom. The molecule has 2 fully saturated rings. The van der Waals surface area contributed by atoms with Gasteiger partial charge in [0.2, 0.25) is 11.8 Å². The number of carbonyl (C=O) groups excluding carboxylic acids is 2. The number of piperazine rings is 1. The van der Waals surface area contributed by atoms with Gasteiger partial charge in [0, 0.05) is 32.7 Å². The van der Waals surface area contributed by atoms with Crippen LogP contribution >= 0.6 is 0 Å². The molecule has 0 aromatic heterocycles. The first-order chi connectivity index (χ1) is 9.05. The molecule has 3 N–H and O–H groups in total. The number of rotatable bonds is 4. The van der Waals surface area contributed by atoms with Gasteiger partial charge in [-0.3, -0.25) is 14.5 Å². The maximum atomic E-state index is 12.2. The molecule has 1 saturated heterocycles. The van der Waals surface area contributed by atoms with Crippen molar-refractivity contribution in [2.75, 3.05) is 39.3 Å². The number of amides is 2. The number of hydrogen-bond donors (Lipinski definition) is 2. The molecule has 0 atom stereocenters. The van der Waals surface area contributed by atoms with Gasteiger partial charge in [-0.15, -0.1) is 0 Å². The highest BCUT2D eigenvalue weighted by Crippen LogP contribution is 2.31. The summed E-state index contributed by atoms with van der Waals surface area (Å²) in [6.45, 7) is 5.84. The van der Waals surface area contributed by atoms with Crippen molar-refractivity contribution in [3.8, 4) is 0 Å². The summed E-state index contributed by atoms with van der Waals surface area (Å²) in [6, 6.07) is 0. The SMILES string of the molecule is CCNC(=O)CN1CCN(C(=O)C2(N)CCC2)CC1. The van der Waals surface area contributed by atoms with Crippen LogP contribution in [0.3, 0.4) is 0 Å². The van der Waals surface area contributed by atoms with E-state index in [9.17, 15) is 9.59 Å². The summed E-state index contributed by atoms with van der Waals surface area (Å²) in [5.74, 6) is 0.146. The van der Waals surface area contributed by atoms with Crippen molar-refractivity contribution in [1.82, 2.24) is 15.1 Å². The van der Waals surface area contributed by atoms with Crippen molar-refractivity contribution >= 4 is 11.8 Å². The van der Waals surface area contributed by atoms with Crippen molar-refractivity contribution in [2.45, 2.75) is 31.7 Å². The van der Waals surface area contributed by atoms with Crippen LogP contribution in [0.4, 0.5) is 0 Å². The fraction of sp³-hybridized carbons (Fsp3) is 0.846. The van der Waals surface area contributed by atoms with Crippen molar-refractivity contribution < 1.29 is 9.59 Å². The molecule has 6 nitrogen and oxygen atoms in total. The Morgan fingerprint density at radius 1 is 1.21 bits per heavy atom. The molecule has 0 aromatic rings. The monoisotopic (exact) mass is 268 g/mol. The highest BCUT2D eigenvalue weighted by atomic mass is 16.2. The quantitative estimate of drug-likeness (QED) is 0.696. The Hall–Kier alpha value is -1.14. The second-order valence-electron chi connectivity index (χ2n) is 5.53. The highest BCUT2D eigenvalue weighted by molar-refractivity contribution is 5.87. The molecule has 0 aromatic carbocycles. The van der Waals surface area contributed by atoms with E-state index >= 15 is 0 Å². The van der Waals surface area contributed by atoms with E-state index < -0.39 is 5.54 Å². The molecule has 0 radical (unpaired) electrons. The first-order valence-corrected chi connectivity index (χ1v) is 7.12. The lowest BCUT2D eigenvalue weighted by Crippen LogP contribution is -2.62. The Kier molecular flexibility index (Phi) is 4.42. The predicted molar refractivity (Wildman–Crippen MR) is 72.5 cm³/mol.